The van der Waals surface area contributed by atoms with E-state index < -0.39 is 0 Å². The van der Waals surface area contributed by atoms with Gasteiger partial charge in [0.15, 0.2) is 0 Å². The fourth-order valence-electron chi connectivity index (χ4n) is 3.61. The van der Waals surface area contributed by atoms with E-state index in [0.29, 0.717) is 0 Å². The summed E-state index contributed by atoms with van der Waals surface area (Å²) in [6.07, 6.45) is 9.88. The van der Waals surface area contributed by atoms with Crippen LogP contribution in [0, 0.1) is 5.92 Å². The molecule has 1 saturated heterocycles. The van der Waals surface area contributed by atoms with Gasteiger partial charge < -0.3 is 15.5 Å². The van der Waals surface area contributed by atoms with Crippen LogP contribution in [0.5, 0.6) is 0 Å². The topological polar surface area (TPSA) is 27.3 Å². The molecule has 2 rings (SSSR count). The third kappa shape index (κ3) is 4.22. The quantitative estimate of drug-likeness (QED) is 0.783. The van der Waals surface area contributed by atoms with Crippen molar-refractivity contribution in [2.45, 2.75) is 57.0 Å². The molecule has 3 atom stereocenters. The molecular formula is C15H31N3. The first-order chi connectivity index (χ1) is 8.77. The van der Waals surface area contributed by atoms with E-state index in [1.165, 1.54) is 51.5 Å². The second kappa shape index (κ2) is 7.46. The van der Waals surface area contributed by atoms with Gasteiger partial charge in [-0.25, -0.2) is 0 Å². The summed E-state index contributed by atoms with van der Waals surface area (Å²) in [5.74, 6) is 0.876. The largest absolute Gasteiger partial charge is 0.314 e. The molecule has 0 aromatic heterocycles. The highest BCUT2D eigenvalue weighted by Gasteiger charge is 2.31. The van der Waals surface area contributed by atoms with Crippen molar-refractivity contribution in [3.63, 3.8) is 0 Å². The van der Waals surface area contributed by atoms with Gasteiger partial charge in [0, 0.05) is 25.2 Å². The van der Waals surface area contributed by atoms with Gasteiger partial charge in [-0.3, -0.25) is 0 Å². The van der Waals surface area contributed by atoms with Gasteiger partial charge in [-0.1, -0.05) is 19.3 Å². The maximum Gasteiger partial charge on any atom is 0.0111 e. The molecule has 0 radical (unpaired) electrons. The van der Waals surface area contributed by atoms with Gasteiger partial charge in [0.05, 0.1) is 0 Å². The summed E-state index contributed by atoms with van der Waals surface area (Å²) >= 11 is 0. The number of hydrogen-bond acceptors (Lipinski definition) is 3. The first-order valence-electron chi connectivity index (χ1n) is 7.89. The molecule has 2 N–H and O–H groups in total. The van der Waals surface area contributed by atoms with Gasteiger partial charge in [-0.2, -0.15) is 0 Å². The lowest BCUT2D eigenvalue weighted by molar-refractivity contribution is 0.179. The van der Waals surface area contributed by atoms with Crippen LogP contribution in [0.3, 0.4) is 0 Å². The molecule has 0 spiro atoms. The van der Waals surface area contributed by atoms with Crippen molar-refractivity contribution < 1.29 is 0 Å². The van der Waals surface area contributed by atoms with Crippen LogP contribution in [-0.2, 0) is 0 Å². The number of hydrogen-bond donors (Lipinski definition) is 2. The van der Waals surface area contributed by atoms with E-state index in [0.717, 1.165) is 31.1 Å². The van der Waals surface area contributed by atoms with Crippen LogP contribution in [0.2, 0.25) is 0 Å². The van der Waals surface area contributed by atoms with E-state index >= 15 is 0 Å². The molecule has 1 heterocycles. The Bertz CT molecular complexity index is 224. The Morgan fingerprint density at radius 2 is 1.83 bits per heavy atom. The van der Waals surface area contributed by atoms with E-state index in [4.69, 9.17) is 0 Å². The molecule has 0 bridgehead atoms. The average molecular weight is 253 g/mol. The molecule has 3 heteroatoms. The van der Waals surface area contributed by atoms with Gasteiger partial charge in [-0.05, 0) is 52.2 Å². The van der Waals surface area contributed by atoms with E-state index in [2.05, 4.69) is 29.6 Å². The van der Waals surface area contributed by atoms with Crippen LogP contribution in [-0.4, -0.2) is 50.7 Å². The van der Waals surface area contributed by atoms with Gasteiger partial charge in [0.25, 0.3) is 0 Å². The second-order valence-corrected chi connectivity index (χ2v) is 6.37. The predicted molar refractivity (Wildman–Crippen MR) is 77.9 cm³/mol. The van der Waals surface area contributed by atoms with Crippen LogP contribution in [0.4, 0.5) is 0 Å². The third-order valence-electron chi connectivity index (χ3n) is 4.65. The molecule has 18 heavy (non-hydrogen) atoms. The van der Waals surface area contributed by atoms with Crippen LogP contribution in [0.1, 0.15) is 44.9 Å². The van der Waals surface area contributed by atoms with Crippen LogP contribution in [0.15, 0.2) is 0 Å². The fourth-order valence-corrected chi connectivity index (χ4v) is 3.61. The lowest BCUT2D eigenvalue weighted by Crippen LogP contribution is -2.51. The zero-order valence-electron chi connectivity index (χ0n) is 12.3. The molecule has 3 nitrogen and oxygen atoms in total. The maximum atomic E-state index is 3.82. The highest BCUT2D eigenvalue weighted by molar-refractivity contribution is 4.90. The minimum absolute atomic E-state index is 0.759. The third-order valence-corrected chi connectivity index (χ3v) is 4.65. The number of rotatable bonds is 5. The fraction of sp³-hybridized carbons (Fsp3) is 1.00. The van der Waals surface area contributed by atoms with E-state index in [9.17, 15) is 0 Å². The standard InChI is InChI=1S/C15H31N3/c1-18(2)12-11-17-15-8-4-3-7-13(15)14-9-5-6-10-16-14/h13-17H,3-12H2,1-2H3. The van der Waals surface area contributed by atoms with Crippen LogP contribution < -0.4 is 10.6 Å². The number of nitrogens with one attached hydrogen (secondary N) is 2. The highest BCUT2D eigenvalue weighted by Crippen LogP contribution is 2.30. The summed E-state index contributed by atoms with van der Waals surface area (Å²) in [7, 11) is 4.31. The Kier molecular flexibility index (Phi) is 5.93. The molecule has 1 aliphatic carbocycles. The first-order valence-corrected chi connectivity index (χ1v) is 7.89. The predicted octanol–water partition coefficient (Wildman–Crippen LogP) is 1.84. The van der Waals surface area contributed by atoms with E-state index in [1.807, 2.05) is 0 Å². The molecule has 1 aliphatic heterocycles. The summed E-state index contributed by atoms with van der Waals surface area (Å²) in [4.78, 5) is 2.27. The van der Waals surface area contributed by atoms with Crippen molar-refractivity contribution in [1.29, 1.82) is 0 Å². The van der Waals surface area contributed by atoms with Crippen LogP contribution >= 0.6 is 0 Å². The molecule has 2 fully saturated rings. The zero-order chi connectivity index (χ0) is 12.8. The Balaban J connectivity index is 1.80. The molecule has 106 valence electrons. The molecule has 1 saturated carbocycles. The summed E-state index contributed by atoms with van der Waals surface area (Å²) in [6.45, 7) is 3.54. The molecule has 3 unspecified atom stereocenters. The van der Waals surface area contributed by atoms with Crippen molar-refractivity contribution in [2.75, 3.05) is 33.7 Å². The van der Waals surface area contributed by atoms with E-state index in [1.54, 1.807) is 0 Å². The van der Waals surface area contributed by atoms with E-state index in [-0.39, 0.29) is 0 Å². The molecule has 0 amide bonds. The molecule has 0 aromatic rings. The van der Waals surface area contributed by atoms with Crippen LogP contribution in [0.25, 0.3) is 0 Å². The Labute approximate surface area is 113 Å². The Morgan fingerprint density at radius 1 is 1.06 bits per heavy atom. The number of piperidine rings is 1. The van der Waals surface area contributed by atoms with Crippen molar-refractivity contribution in [1.82, 2.24) is 15.5 Å². The molecular weight excluding hydrogens is 222 g/mol. The van der Waals surface area contributed by atoms with Gasteiger partial charge in [-0.15, -0.1) is 0 Å². The normalized spacial score (nSPS) is 33.8. The second-order valence-electron chi connectivity index (χ2n) is 6.37. The Morgan fingerprint density at radius 3 is 2.56 bits per heavy atom. The van der Waals surface area contributed by atoms with Gasteiger partial charge >= 0.3 is 0 Å². The van der Waals surface area contributed by atoms with Crippen molar-refractivity contribution in [3.8, 4) is 0 Å². The van der Waals surface area contributed by atoms with Crippen molar-refractivity contribution in [3.05, 3.63) is 0 Å². The molecule has 0 aromatic carbocycles. The summed E-state index contributed by atoms with van der Waals surface area (Å²) < 4.78 is 0. The minimum Gasteiger partial charge on any atom is -0.314 e. The molecule has 2 aliphatic rings. The smallest absolute Gasteiger partial charge is 0.0111 e. The summed E-state index contributed by atoms with van der Waals surface area (Å²) in [6, 6.07) is 1.55. The van der Waals surface area contributed by atoms with Crippen molar-refractivity contribution in [2.24, 2.45) is 5.92 Å². The average Bonchev–Trinajstić information content (AvgIpc) is 2.40. The Hall–Kier alpha value is -0.120. The SMILES string of the molecule is CN(C)CCNC1CCCCC1C1CCCCN1. The first kappa shape index (κ1) is 14.3. The number of nitrogens with zero attached hydrogens (tertiary/aromatic N) is 1. The summed E-state index contributed by atoms with van der Waals surface area (Å²) in [5.41, 5.74) is 0. The minimum atomic E-state index is 0.759. The highest BCUT2D eigenvalue weighted by atomic mass is 15.1. The maximum absolute atomic E-state index is 3.82. The monoisotopic (exact) mass is 253 g/mol. The van der Waals surface area contributed by atoms with Crippen molar-refractivity contribution >= 4 is 0 Å². The van der Waals surface area contributed by atoms with Gasteiger partial charge in [0.2, 0.25) is 0 Å². The zero-order valence-corrected chi connectivity index (χ0v) is 12.3. The van der Waals surface area contributed by atoms with Gasteiger partial charge in [0.1, 0.15) is 0 Å². The lowest BCUT2D eigenvalue weighted by Gasteiger charge is -2.40. The number of likely N-dealkylation sites (N-methyl/N-ethyl adjacent to an activating group) is 1. The summed E-state index contributed by atoms with van der Waals surface area (Å²) in [5, 5.41) is 7.59. The lowest BCUT2D eigenvalue weighted by atomic mass is 9.77.